The third kappa shape index (κ3) is 1.44. The van der Waals surface area contributed by atoms with Crippen molar-refractivity contribution in [2.45, 2.75) is 5.92 Å². The molecule has 0 atom stereocenters. The molecule has 2 N–H and O–H groups in total. The van der Waals surface area contributed by atoms with Crippen LogP contribution in [-0.2, 0) is 0 Å². The Labute approximate surface area is 83.9 Å². The number of hydrogen-bond donors (Lipinski definition) is 2. The molecule has 70 valence electrons. The van der Waals surface area contributed by atoms with Crippen LogP contribution in [-0.4, -0.2) is 18.2 Å². The summed E-state index contributed by atoms with van der Waals surface area (Å²) in [5.74, 6) is -0.0723. The first-order valence-electron chi connectivity index (χ1n) is 4.07. The van der Waals surface area contributed by atoms with Crippen LogP contribution in [0.4, 0.5) is 4.39 Å². The van der Waals surface area contributed by atoms with Crippen molar-refractivity contribution in [1.29, 1.82) is 0 Å². The van der Waals surface area contributed by atoms with E-state index < -0.39 is 5.82 Å². The summed E-state index contributed by atoms with van der Waals surface area (Å²) >= 11 is 3.01. The van der Waals surface area contributed by atoms with Crippen LogP contribution in [0.2, 0.25) is 0 Å². The maximum absolute atomic E-state index is 12.9. The zero-order valence-corrected chi connectivity index (χ0v) is 8.44. The van der Waals surface area contributed by atoms with E-state index in [0.29, 0.717) is 5.92 Å². The summed E-state index contributed by atoms with van der Waals surface area (Å²) in [7, 11) is 0. The van der Waals surface area contributed by atoms with E-state index in [2.05, 4.69) is 21.2 Å². The molecule has 1 heterocycles. The number of rotatable bonds is 1. The van der Waals surface area contributed by atoms with Crippen molar-refractivity contribution in [2.24, 2.45) is 0 Å². The fourth-order valence-electron chi connectivity index (χ4n) is 1.39. The highest BCUT2D eigenvalue weighted by Crippen LogP contribution is 2.35. The summed E-state index contributed by atoms with van der Waals surface area (Å²) in [4.78, 5) is 0. The lowest BCUT2D eigenvalue weighted by molar-refractivity contribution is 0.408. The molecule has 1 aliphatic heterocycles. The van der Waals surface area contributed by atoms with Crippen LogP contribution in [0, 0.1) is 5.82 Å². The standard InChI is InChI=1S/C9H9BrFNO/c10-8-7(11)2-1-6(9(8)13)5-3-12-4-5/h1-2,5,12-13H,3-4H2. The molecule has 13 heavy (non-hydrogen) atoms. The van der Waals surface area contributed by atoms with Crippen LogP contribution in [0.1, 0.15) is 11.5 Å². The topological polar surface area (TPSA) is 32.3 Å². The lowest BCUT2D eigenvalue weighted by atomic mass is 9.93. The third-order valence-corrected chi connectivity index (χ3v) is 3.08. The predicted octanol–water partition coefficient (Wildman–Crippen LogP) is 1.98. The molecule has 0 radical (unpaired) electrons. The first kappa shape index (κ1) is 8.97. The van der Waals surface area contributed by atoms with Crippen molar-refractivity contribution in [2.75, 3.05) is 13.1 Å². The Morgan fingerprint density at radius 2 is 2.15 bits per heavy atom. The van der Waals surface area contributed by atoms with E-state index in [4.69, 9.17) is 0 Å². The largest absolute Gasteiger partial charge is 0.506 e. The molecule has 2 rings (SSSR count). The predicted molar refractivity (Wildman–Crippen MR) is 51.4 cm³/mol. The van der Waals surface area contributed by atoms with Gasteiger partial charge < -0.3 is 10.4 Å². The summed E-state index contributed by atoms with van der Waals surface area (Å²) in [5, 5.41) is 12.7. The number of phenols is 1. The second kappa shape index (κ2) is 3.27. The van der Waals surface area contributed by atoms with E-state index in [1.165, 1.54) is 6.07 Å². The number of phenolic OH excluding ortho intramolecular Hbond substituents is 1. The van der Waals surface area contributed by atoms with Crippen molar-refractivity contribution < 1.29 is 9.50 Å². The van der Waals surface area contributed by atoms with Gasteiger partial charge in [0.2, 0.25) is 0 Å². The molecule has 2 nitrogen and oxygen atoms in total. The minimum Gasteiger partial charge on any atom is -0.506 e. The Kier molecular flexibility index (Phi) is 2.26. The Morgan fingerprint density at radius 3 is 2.69 bits per heavy atom. The van der Waals surface area contributed by atoms with Gasteiger partial charge in [-0.3, -0.25) is 0 Å². The highest BCUT2D eigenvalue weighted by molar-refractivity contribution is 9.10. The molecule has 0 saturated carbocycles. The zero-order valence-electron chi connectivity index (χ0n) is 6.85. The van der Waals surface area contributed by atoms with Crippen molar-refractivity contribution >= 4 is 15.9 Å². The highest BCUT2D eigenvalue weighted by atomic mass is 79.9. The molecule has 0 amide bonds. The van der Waals surface area contributed by atoms with Gasteiger partial charge in [0.05, 0.1) is 4.47 Å². The van der Waals surface area contributed by atoms with Crippen molar-refractivity contribution in [3.8, 4) is 5.75 Å². The van der Waals surface area contributed by atoms with Crippen molar-refractivity contribution in [3.05, 3.63) is 28.0 Å². The van der Waals surface area contributed by atoms with E-state index in [1.807, 2.05) is 0 Å². The molecule has 0 aromatic heterocycles. The van der Waals surface area contributed by atoms with E-state index in [0.717, 1.165) is 18.7 Å². The maximum atomic E-state index is 12.9. The van der Waals surface area contributed by atoms with Gasteiger partial charge in [-0.15, -0.1) is 0 Å². The fourth-order valence-corrected chi connectivity index (χ4v) is 1.75. The molecule has 0 aliphatic carbocycles. The van der Waals surface area contributed by atoms with Crippen LogP contribution in [0.5, 0.6) is 5.75 Å². The number of aromatic hydroxyl groups is 1. The second-order valence-corrected chi connectivity index (χ2v) is 3.95. The van der Waals surface area contributed by atoms with Crippen LogP contribution >= 0.6 is 15.9 Å². The number of nitrogens with one attached hydrogen (secondary N) is 1. The number of benzene rings is 1. The molecule has 4 heteroatoms. The van der Waals surface area contributed by atoms with E-state index in [1.54, 1.807) is 6.07 Å². The molecule has 1 aromatic rings. The first-order valence-corrected chi connectivity index (χ1v) is 4.87. The normalized spacial score (nSPS) is 17.1. The Hall–Kier alpha value is -0.610. The van der Waals surface area contributed by atoms with E-state index >= 15 is 0 Å². The number of halogens is 2. The van der Waals surface area contributed by atoms with Gasteiger partial charge in [0.1, 0.15) is 11.6 Å². The van der Waals surface area contributed by atoms with Crippen molar-refractivity contribution in [3.63, 3.8) is 0 Å². The van der Waals surface area contributed by atoms with Crippen LogP contribution in [0.15, 0.2) is 16.6 Å². The Morgan fingerprint density at radius 1 is 1.46 bits per heavy atom. The summed E-state index contributed by atoms with van der Waals surface area (Å²) in [6.07, 6.45) is 0. The van der Waals surface area contributed by atoms with Gasteiger partial charge >= 0.3 is 0 Å². The first-order chi connectivity index (χ1) is 6.20. The molecular formula is C9H9BrFNO. The average molecular weight is 246 g/mol. The third-order valence-electron chi connectivity index (χ3n) is 2.32. The lowest BCUT2D eigenvalue weighted by Crippen LogP contribution is -2.39. The van der Waals surface area contributed by atoms with Gasteiger partial charge in [-0.1, -0.05) is 6.07 Å². The minimum atomic E-state index is -0.423. The second-order valence-electron chi connectivity index (χ2n) is 3.15. The van der Waals surface area contributed by atoms with Gasteiger partial charge in [0, 0.05) is 24.6 Å². The Bertz CT molecular complexity index is 339. The van der Waals surface area contributed by atoms with Crippen LogP contribution < -0.4 is 5.32 Å². The molecule has 0 bridgehead atoms. The van der Waals surface area contributed by atoms with E-state index in [-0.39, 0.29) is 10.2 Å². The molecule has 0 unspecified atom stereocenters. The summed E-state index contributed by atoms with van der Waals surface area (Å²) in [6.45, 7) is 1.71. The highest BCUT2D eigenvalue weighted by Gasteiger charge is 2.23. The molecule has 1 aliphatic rings. The minimum absolute atomic E-state index is 0.0338. The maximum Gasteiger partial charge on any atom is 0.141 e. The summed E-state index contributed by atoms with van der Waals surface area (Å²) in [5.41, 5.74) is 0.812. The quantitative estimate of drug-likeness (QED) is 0.794. The SMILES string of the molecule is Oc1c(C2CNC2)ccc(F)c1Br. The number of hydrogen-bond acceptors (Lipinski definition) is 2. The molecule has 0 spiro atoms. The average Bonchev–Trinajstić information content (AvgIpc) is 2.03. The van der Waals surface area contributed by atoms with Gasteiger partial charge in [-0.05, 0) is 22.0 Å². The van der Waals surface area contributed by atoms with Crippen molar-refractivity contribution in [1.82, 2.24) is 5.32 Å². The lowest BCUT2D eigenvalue weighted by Gasteiger charge is -2.28. The zero-order chi connectivity index (χ0) is 9.42. The van der Waals surface area contributed by atoms with Gasteiger partial charge in [0.15, 0.2) is 0 Å². The fraction of sp³-hybridized carbons (Fsp3) is 0.333. The van der Waals surface area contributed by atoms with Gasteiger partial charge in [0.25, 0.3) is 0 Å². The summed E-state index contributed by atoms with van der Waals surface area (Å²) < 4.78 is 13.1. The molecular weight excluding hydrogens is 237 g/mol. The molecule has 1 saturated heterocycles. The van der Waals surface area contributed by atoms with Crippen LogP contribution in [0.25, 0.3) is 0 Å². The molecule has 1 fully saturated rings. The summed E-state index contributed by atoms with van der Waals surface area (Å²) in [6, 6.07) is 3.01. The smallest absolute Gasteiger partial charge is 0.141 e. The monoisotopic (exact) mass is 245 g/mol. The van der Waals surface area contributed by atoms with E-state index in [9.17, 15) is 9.50 Å². The van der Waals surface area contributed by atoms with Crippen LogP contribution in [0.3, 0.4) is 0 Å². The molecule has 1 aromatic carbocycles. The Balaban J connectivity index is 2.41. The van der Waals surface area contributed by atoms with Gasteiger partial charge in [-0.25, -0.2) is 4.39 Å². The van der Waals surface area contributed by atoms with Gasteiger partial charge in [-0.2, -0.15) is 0 Å².